The van der Waals surface area contributed by atoms with Crippen LogP contribution in [0.15, 0.2) is 72.8 Å². The molecule has 0 aromatic heterocycles. The summed E-state index contributed by atoms with van der Waals surface area (Å²) in [5.74, 6) is -1.35. The Morgan fingerprint density at radius 2 is 1.71 bits per heavy atom. The van der Waals surface area contributed by atoms with Crippen LogP contribution in [0, 0.1) is 0 Å². The highest BCUT2D eigenvalue weighted by molar-refractivity contribution is 6.35. The van der Waals surface area contributed by atoms with Gasteiger partial charge in [0, 0.05) is 10.7 Å². The first-order valence-electron chi connectivity index (χ1n) is 9.47. The van der Waals surface area contributed by atoms with Gasteiger partial charge in [-0.1, -0.05) is 53.5 Å². The summed E-state index contributed by atoms with van der Waals surface area (Å²) >= 11 is 12.2. The first kappa shape index (κ1) is 20.9. The molecule has 0 aliphatic carbocycles. The van der Waals surface area contributed by atoms with Gasteiger partial charge in [-0.05, 0) is 42.5 Å². The molecule has 8 heteroatoms. The number of rotatable bonds is 4. The van der Waals surface area contributed by atoms with Crippen molar-refractivity contribution in [2.45, 2.75) is 12.5 Å². The van der Waals surface area contributed by atoms with Gasteiger partial charge in [0.25, 0.3) is 5.91 Å². The predicted octanol–water partition coefficient (Wildman–Crippen LogP) is 4.99. The Kier molecular flexibility index (Phi) is 5.93. The maximum Gasteiger partial charge on any atom is 0.260 e. The number of fused-ring (bicyclic) bond motifs is 1. The number of benzene rings is 3. The summed E-state index contributed by atoms with van der Waals surface area (Å²) in [6, 6.07) is 19.1. The van der Waals surface area contributed by atoms with Crippen molar-refractivity contribution in [3.05, 3.63) is 88.4 Å². The van der Waals surface area contributed by atoms with E-state index >= 15 is 0 Å². The Hall–Kier alpha value is -3.35. The number of halogens is 2. The van der Waals surface area contributed by atoms with Gasteiger partial charge in [-0.15, -0.1) is 0 Å². The molecular formula is C23H17Cl2N3O3. The smallest absolute Gasteiger partial charge is 0.260 e. The molecular weight excluding hydrogens is 437 g/mol. The van der Waals surface area contributed by atoms with E-state index < -0.39 is 23.8 Å². The van der Waals surface area contributed by atoms with E-state index in [1.165, 1.54) is 4.90 Å². The quantitative estimate of drug-likeness (QED) is 0.583. The van der Waals surface area contributed by atoms with Gasteiger partial charge in [-0.3, -0.25) is 19.3 Å². The average Bonchev–Trinajstić information content (AvgIpc) is 2.74. The van der Waals surface area contributed by atoms with Crippen LogP contribution in [-0.4, -0.2) is 23.8 Å². The molecule has 156 valence electrons. The van der Waals surface area contributed by atoms with Crippen LogP contribution in [0.2, 0.25) is 10.0 Å². The van der Waals surface area contributed by atoms with Crippen molar-refractivity contribution < 1.29 is 14.4 Å². The Labute approximate surface area is 188 Å². The maximum atomic E-state index is 13.4. The van der Waals surface area contributed by atoms with Crippen molar-refractivity contribution >= 4 is 58.0 Å². The van der Waals surface area contributed by atoms with Gasteiger partial charge in [0.05, 0.1) is 28.4 Å². The van der Waals surface area contributed by atoms with E-state index in [1.54, 1.807) is 72.8 Å². The number of nitrogens with zero attached hydrogens (tertiary/aromatic N) is 1. The van der Waals surface area contributed by atoms with Crippen LogP contribution in [0.25, 0.3) is 0 Å². The van der Waals surface area contributed by atoms with Crippen molar-refractivity contribution in [1.29, 1.82) is 0 Å². The zero-order valence-corrected chi connectivity index (χ0v) is 17.7. The van der Waals surface area contributed by atoms with Gasteiger partial charge in [-0.2, -0.15) is 0 Å². The van der Waals surface area contributed by atoms with E-state index in [1.807, 2.05) is 0 Å². The third-order valence-electron chi connectivity index (χ3n) is 4.85. The normalized spacial score (nSPS) is 15.1. The van der Waals surface area contributed by atoms with Crippen LogP contribution in [-0.2, 0) is 9.59 Å². The van der Waals surface area contributed by atoms with Gasteiger partial charge in [0.2, 0.25) is 11.8 Å². The number of hydrogen-bond acceptors (Lipinski definition) is 3. The third-order valence-corrected chi connectivity index (χ3v) is 5.41. The highest BCUT2D eigenvalue weighted by atomic mass is 35.5. The highest BCUT2D eigenvalue weighted by Gasteiger charge is 2.39. The summed E-state index contributed by atoms with van der Waals surface area (Å²) in [5.41, 5.74) is 1.72. The molecule has 0 saturated heterocycles. The van der Waals surface area contributed by atoms with Crippen molar-refractivity contribution in [2.75, 3.05) is 15.5 Å². The molecule has 0 spiro atoms. The molecule has 3 aromatic rings. The molecule has 1 aliphatic heterocycles. The van der Waals surface area contributed by atoms with Crippen LogP contribution in [0.1, 0.15) is 16.8 Å². The zero-order valence-electron chi connectivity index (χ0n) is 16.1. The number of carbonyl (C=O) groups is 3. The molecule has 3 amide bonds. The molecule has 6 nitrogen and oxygen atoms in total. The van der Waals surface area contributed by atoms with E-state index in [4.69, 9.17) is 23.2 Å². The van der Waals surface area contributed by atoms with E-state index in [2.05, 4.69) is 10.6 Å². The Balaban J connectivity index is 1.67. The van der Waals surface area contributed by atoms with Crippen LogP contribution in [0.4, 0.5) is 17.1 Å². The lowest BCUT2D eigenvalue weighted by atomic mass is 10.0. The van der Waals surface area contributed by atoms with Crippen molar-refractivity contribution in [1.82, 2.24) is 0 Å². The second-order valence-electron chi connectivity index (χ2n) is 6.94. The minimum atomic E-state index is -1.06. The minimum Gasteiger partial charge on any atom is -0.326 e. The fourth-order valence-corrected chi connectivity index (χ4v) is 3.85. The summed E-state index contributed by atoms with van der Waals surface area (Å²) in [6.07, 6.45) is -0.247. The second kappa shape index (κ2) is 8.79. The number of hydrogen-bond donors (Lipinski definition) is 2. The molecule has 1 heterocycles. The van der Waals surface area contributed by atoms with Gasteiger partial charge in [0.1, 0.15) is 6.04 Å². The Bertz CT molecular complexity index is 1180. The van der Waals surface area contributed by atoms with Crippen LogP contribution in [0.5, 0.6) is 0 Å². The standard InChI is InChI=1S/C23H17Cl2N3O3/c24-14-6-5-7-15(12-14)26-21(29)13-20-22(30)27-18-10-3-4-11-19(18)28(20)23(31)16-8-1-2-9-17(16)25/h1-12,20H,13H2,(H,26,29)(H,27,30). The molecule has 1 atom stereocenters. The number of amides is 3. The van der Waals surface area contributed by atoms with E-state index in [9.17, 15) is 14.4 Å². The molecule has 0 fully saturated rings. The predicted molar refractivity (Wildman–Crippen MR) is 122 cm³/mol. The summed E-state index contributed by atoms with van der Waals surface area (Å²) in [4.78, 5) is 40.4. The van der Waals surface area contributed by atoms with Gasteiger partial charge < -0.3 is 10.6 Å². The molecule has 0 bridgehead atoms. The number of nitrogens with one attached hydrogen (secondary N) is 2. The second-order valence-corrected chi connectivity index (χ2v) is 7.78. The summed E-state index contributed by atoms with van der Waals surface area (Å²) < 4.78 is 0. The molecule has 1 unspecified atom stereocenters. The lowest BCUT2D eigenvalue weighted by Crippen LogP contribution is -2.52. The van der Waals surface area contributed by atoms with Crippen molar-refractivity contribution in [2.24, 2.45) is 0 Å². The fraction of sp³-hybridized carbons (Fsp3) is 0.0870. The number of carbonyl (C=O) groups excluding carboxylic acids is 3. The molecule has 1 aliphatic rings. The van der Waals surface area contributed by atoms with Gasteiger partial charge in [0.15, 0.2) is 0 Å². The molecule has 3 aromatic carbocycles. The lowest BCUT2D eigenvalue weighted by molar-refractivity contribution is -0.122. The Morgan fingerprint density at radius 1 is 0.968 bits per heavy atom. The average molecular weight is 454 g/mol. The molecule has 4 rings (SSSR count). The highest BCUT2D eigenvalue weighted by Crippen LogP contribution is 2.35. The third kappa shape index (κ3) is 4.40. The first-order valence-corrected chi connectivity index (χ1v) is 10.2. The topological polar surface area (TPSA) is 78.5 Å². The SMILES string of the molecule is O=C(CC1C(=O)Nc2ccccc2N1C(=O)c1ccccc1Cl)Nc1cccc(Cl)c1. The Morgan fingerprint density at radius 3 is 2.48 bits per heavy atom. The van der Waals surface area contributed by atoms with Crippen LogP contribution in [0.3, 0.4) is 0 Å². The molecule has 0 saturated carbocycles. The molecule has 31 heavy (non-hydrogen) atoms. The fourth-order valence-electron chi connectivity index (χ4n) is 3.44. The van der Waals surface area contributed by atoms with Gasteiger partial charge >= 0.3 is 0 Å². The number of para-hydroxylation sites is 2. The van der Waals surface area contributed by atoms with Crippen LogP contribution >= 0.6 is 23.2 Å². The van der Waals surface area contributed by atoms with Crippen molar-refractivity contribution in [3.63, 3.8) is 0 Å². The van der Waals surface area contributed by atoms with Gasteiger partial charge in [-0.25, -0.2) is 0 Å². The number of anilines is 3. The summed E-state index contributed by atoms with van der Waals surface area (Å²) in [6.45, 7) is 0. The van der Waals surface area contributed by atoms with Crippen molar-refractivity contribution in [3.8, 4) is 0 Å². The zero-order chi connectivity index (χ0) is 22.0. The monoisotopic (exact) mass is 453 g/mol. The largest absolute Gasteiger partial charge is 0.326 e. The van der Waals surface area contributed by atoms with E-state index in [0.717, 1.165) is 0 Å². The first-order chi connectivity index (χ1) is 14.9. The van der Waals surface area contributed by atoms with E-state index in [-0.39, 0.29) is 17.0 Å². The molecule has 2 N–H and O–H groups in total. The maximum absolute atomic E-state index is 13.4. The minimum absolute atomic E-state index is 0.244. The van der Waals surface area contributed by atoms with E-state index in [0.29, 0.717) is 22.1 Å². The lowest BCUT2D eigenvalue weighted by Gasteiger charge is -2.36. The summed E-state index contributed by atoms with van der Waals surface area (Å²) in [5, 5.41) is 6.22. The van der Waals surface area contributed by atoms with Crippen LogP contribution < -0.4 is 15.5 Å². The summed E-state index contributed by atoms with van der Waals surface area (Å²) in [7, 11) is 0. The molecule has 0 radical (unpaired) electrons.